The third-order valence-corrected chi connectivity index (χ3v) is 7.76. The van der Waals surface area contributed by atoms with Crippen LogP contribution in [0.4, 0.5) is 11.6 Å². The number of anilines is 2. The highest BCUT2D eigenvalue weighted by Crippen LogP contribution is 2.35. The van der Waals surface area contributed by atoms with Gasteiger partial charge in [0.25, 0.3) is 0 Å². The van der Waals surface area contributed by atoms with Gasteiger partial charge >= 0.3 is 0 Å². The van der Waals surface area contributed by atoms with Crippen LogP contribution in [-0.4, -0.2) is 70.8 Å². The van der Waals surface area contributed by atoms with Gasteiger partial charge in [0.2, 0.25) is 0 Å². The number of pyridine rings is 2. The van der Waals surface area contributed by atoms with Gasteiger partial charge in [-0.3, -0.25) is 14.2 Å². The molecule has 6 aromatic rings. The number of benzene rings is 1. The molecule has 1 saturated heterocycles. The van der Waals surface area contributed by atoms with E-state index < -0.39 is 5.41 Å². The molecule has 212 valence electrons. The number of rotatable bonds is 8. The Balaban J connectivity index is 1.13. The summed E-state index contributed by atoms with van der Waals surface area (Å²) in [5, 5.41) is 25.5. The molecule has 12 heteroatoms. The third-order valence-electron chi connectivity index (χ3n) is 7.76. The average Bonchev–Trinajstić information content (AvgIpc) is 3.60. The topological polar surface area (TPSA) is 153 Å². The predicted octanol–water partition coefficient (Wildman–Crippen LogP) is 2.72. The summed E-state index contributed by atoms with van der Waals surface area (Å²) in [5.41, 5.74) is 10.6. The van der Waals surface area contributed by atoms with E-state index in [1.165, 1.54) is 6.33 Å². The minimum Gasteiger partial charge on any atom is -0.489 e. The van der Waals surface area contributed by atoms with Crippen molar-refractivity contribution in [3.63, 3.8) is 0 Å². The van der Waals surface area contributed by atoms with E-state index in [2.05, 4.69) is 25.0 Å². The van der Waals surface area contributed by atoms with E-state index in [9.17, 15) is 10.2 Å². The average molecular weight is 564 g/mol. The van der Waals surface area contributed by atoms with E-state index in [1.54, 1.807) is 17.1 Å². The number of aryl methyl sites for hydroxylation is 1. The molecule has 0 bridgehead atoms. The number of ether oxygens (including phenoxy) is 1. The van der Waals surface area contributed by atoms with Crippen molar-refractivity contribution in [2.45, 2.75) is 6.61 Å². The molecule has 0 spiro atoms. The first-order valence-corrected chi connectivity index (χ1v) is 13.5. The van der Waals surface area contributed by atoms with Crippen molar-refractivity contribution in [2.24, 2.45) is 12.5 Å². The van der Waals surface area contributed by atoms with Crippen LogP contribution in [0.5, 0.6) is 5.75 Å². The summed E-state index contributed by atoms with van der Waals surface area (Å²) >= 11 is 0. The second-order valence-corrected chi connectivity index (χ2v) is 10.8. The lowest BCUT2D eigenvalue weighted by molar-refractivity contribution is 0.0302. The van der Waals surface area contributed by atoms with Crippen molar-refractivity contribution < 1.29 is 14.9 Å². The number of aliphatic hydroxyl groups is 2. The van der Waals surface area contributed by atoms with E-state index in [0.29, 0.717) is 36.9 Å². The monoisotopic (exact) mass is 563 g/mol. The Morgan fingerprint density at radius 3 is 2.64 bits per heavy atom. The quantitative estimate of drug-likeness (QED) is 0.252. The van der Waals surface area contributed by atoms with Gasteiger partial charge in [0.1, 0.15) is 30.3 Å². The fourth-order valence-electron chi connectivity index (χ4n) is 5.41. The van der Waals surface area contributed by atoms with Gasteiger partial charge in [-0.25, -0.2) is 15.0 Å². The molecule has 1 aliphatic heterocycles. The van der Waals surface area contributed by atoms with Crippen LogP contribution < -0.4 is 15.4 Å². The molecule has 0 aliphatic carbocycles. The molecule has 1 aromatic carbocycles. The number of aliphatic hydroxyl groups excluding tert-OH is 2. The highest BCUT2D eigenvalue weighted by atomic mass is 16.5. The number of hydrogen-bond acceptors (Lipinski definition) is 10. The van der Waals surface area contributed by atoms with Crippen LogP contribution in [0.3, 0.4) is 0 Å². The Kier molecular flexibility index (Phi) is 6.21. The molecule has 0 unspecified atom stereocenters. The van der Waals surface area contributed by atoms with Gasteiger partial charge in [0, 0.05) is 61.3 Å². The maximum Gasteiger partial charge on any atom is 0.150 e. The van der Waals surface area contributed by atoms with Crippen LogP contribution in [0.1, 0.15) is 5.56 Å². The Bertz CT molecular complexity index is 1920. The highest BCUT2D eigenvalue weighted by molar-refractivity contribution is 6.00. The van der Waals surface area contributed by atoms with Crippen LogP contribution in [0.2, 0.25) is 0 Å². The molecule has 4 N–H and O–H groups in total. The molecule has 12 nitrogen and oxygen atoms in total. The summed E-state index contributed by atoms with van der Waals surface area (Å²) in [4.78, 5) is 20.0. The lowest BCUT2D eigenvalue weighted by Gasteiger charge is -2.48. The summed E-state index contributed by atoms with van der Waals surface area (Å²) in [5.74, 6) is 1.88. The molecule has 42 heavy (non-hydrogen) atoms. The molecule has 5 aromatic heterocycles. The fourth-order valence-corrected chi connectivity index (χ4v) is 5.41. The summed E-state index contributed by atoms with van der Waals surface area (Å²) in [6.07, 6.45) is 8.82. The van der Waals surface area contributed by atoms with Crippen molar-refractivity contribution in [1.29, 1.82) is 0 Å². The number of nitrogens with two attached hydrogens (primary N) is 1. The van der Waals surface area contributed by atoms with Crippen LogP contribution in [0.15, 0.2) is 73.6 Å². The lowest BCUT2D eigenvalue weighted by Crippen LogP contribution is -2.60. The van der Waals surface area contributed by atoms with Crippen molar-refractivity contribution in [1.82, 2.24) is 34.3 Å². The summed E-state index contributed by atoms with van der Waals surface area (Å²) in [6, 6.07) is 13.7. The number of nitrogen functional groups attached to an aromatic ring is 1. The minimum absolute atomic E-state index is 0.0463. The van der Waals surface area contributed by atoms with Crippen LogP contribution in [0, 0.1) is 5.41 Å². The zero-order valence-electron chi connectivity index (χ0n) is 22.9. The van der Waals surface area contributed by atoms with Crippen molar-refractivity contribution >= 4 is 33.6 Å². The van der Waals surface area contributed by atoms with Gasteiger partial charge in [-0.15, -0.1) is 0 Å². The van der Waals surface area contributed by atoms with Crippen molar-refractivity contribution in [3.05, 3.63) is 79.1 Å². The molecule has 0 saturated carbocycles. The normalized spacial score (nSPS) is 14.4. The minimum atomic E-state index is -0.462. The smallest absolute Gasteiger partial charge is 0.150 e. The van der Waals surface area contributed by atoms with Crippen molar-refractivity contribution in [2.75, 3.05) is 36.9 Å². The number of fused-ring (bicyclic) bond motifs is 2. The molecule has 0 radical (unpaired) electrons. The van der Waals surface area contributed by atoms with E-state index in [-0.39, 0.29) is 13.2 Å². The van der Waals surface area contributed by atoms with Gasteiger partial charge in [-0.2, -0.15) is 5.10 Å². The van der Waals surface area contributed by atoms with Gasteiger partial charge < -0.3 is 25.6 Å². The molecule has 0 atom stereocenters. The Labute approximate surface area is 240 Å². The first-order valence-electron chi connectivity index (χ1n) is 13.5. The lowest BCUT2D eigenvalue weighted by atomic mass is 9.81. The van der Waals surface area contributed by atoms with E-state index in [4.69, 9.17) is 15.5 Å². The highest BCUT2D eigenvalue weighted by Gasteiger charge is 2.42. The SMILES string of the molecule is Cn1ccc(-c2cn(-c3cncc(COc4ccc5ccc(N6CC(CO)(CO)C6)nc5c4)c3)c3ncnc(N)c23)n1. The molecular weight excluding hydrogens is 534 g/mol. The third kappa shape index (κ3) is 4.46. The number of hydrogen-bond donors (Lipinski definition) is 3. The second kappa shape index (κ2) is 10.1. The largest absolute Gasteiger partial charge is 0.489 e. The number of aromatic nitrogens is 7. The van der Waals surface area contributed by atoms with Gasteiger partial charge in [-0.05, 0) is 36.4 Å². The van der Waals surface area contributed by atoms with Crippen LogP contribution in [0.25, 0.3) is 38.9 Å². The maximum atomic E-state index is 9.61. The summed E-state index contributed by atoms with van der Waals surface area (Å²) in [7, 11) is 1.87. The molecule has 1 aliphatic rings. The Morgan fingerprint density at radius 2 is 1.86 bits per heavy atom. The van der Waals surface area contributed by atoms with Gasteiger partial charge in [-0.1, -0.05) is 0 Å². The molecule has 0 amide bonds. The molecule has 7 rings (SSSR count). The summed E-state index contributed by atoms with van der Waals surface area (Å²) < 4.78 is 9.84. The summed E-state index contributed by atoms with van der Waals surface area (Å²) in [6.45, 7) is 1.34. The first-order chi connectivity index (χ1) is 20.4. The number of nitrogens with zero attached hydrogens (tertiary/aromatic N) is 8. The van der Waals surface area contributed by atoms with E-state index >= 15 is 0 Å². The second-order valence-electron chi connectivity index (χ2n) is 10.8. The van der Waals surface area contributed by atoms with E-state index in [1.807, 2.05) is 66.5 Å². The first kappa shape index (κ1) is 25.9. The maximum absolute atomic E-state index is 9.61. The molecule has 1 fully saturated rings. The predicted molar refractivity (Wildman–Crippen MR) is 158 cm³/mol. The zero-order valence-corrected chi connectivity index (χ0v) is 22.9. The van der Waals surface area contributed by atoms with Gasteiger partial charge in [0.05, 0.1) is 47.1 Å². The fraction of sp³-hybridized carbons (Fsp3) is 0.233. The Morgan fingerprint density at radius 1 is 1.02 bits per heavy atom. The van der Waals surface area contributed by atoms with Gasteiger partial charge in [0.15, 0.2) is 5.65 Å². The van der Waals surface area contributed by atoms with E-state index in [0.717, 1.165) is 44.6 Å². The standard InChI is InChI=1S/C30H29N9O3/c1-37-7-6-24(36-37)23-12-39(29-27(23)28(31)33-18-34-29)21-8-19(10-32-11-21)13-42-22-4-2-20-3-5-26(35-25(20)9-22)38-14-30(15-38,16-40)17-41/h2-12,18,40-41H,13-17H2,1H3,(H2,31,33,34). The van der Waals surface area contributed by atoms with Crippen molar-refractivity contribution in [3.8, 4) is 22.7 Å². The van der Waals surface area contributed by atoms with Crippen LogP contribution in [-0.2, 0) is 13.7 Å². The molecular formula is C30H29N9O3. The Hall–Kier alpha value is -5.07. The van der Waals surface area contributed by atoms with Crippen LogP contribution >= 0.6 is 0 Å². The zero-order chi connectivity index (χ0) is 28.8. The molecule has 6 heterocycles.